The van der Waals surface area contributed by atoms with Gasteiger partial charge in [0.15, 0.2) is 0 Å². The Bertz CT molecular complexity index is 461. The summed E-state index contributed by atoms with van der Waals surface area (Å²) in [5.74, 6) is 0.729. The van der Waals surface area contributed by atoms with Crippen molar-refractivity contribution in [1.82, 2.24) is 10.3 Å². The standard InChI is InChI=1S/C14H22N4O/c1-10-6-11(7-16-2)8-17-14(10)18-5-3-4-12(9-18)13(15)19/h6,8,12,16H,3-5,7,9H2,1-2H3,(H2,15,19). The largest absolute Gasteiger partial charge is 0.369 e. The first-order valence-electron chi connectivity index (χ1n) is 6.76. The topological polar surface area (TPSA) is 71.2 Å². The maximum absolute atomic E-state index is 11.3. The Balaban J connectivity index is 2.14. The van der Waals surface area contributed by atoms with Gasteiger partial charge in [-0.15, -0.1) is 0 Å². The van der Waals surface area contributed by atoms with Crippen LogP contribution >= 0.6 is 0 Å². The number of primary amides is 1. The fourth-order valence-electron chi connectivity index (χ4n) is 2.66. The molecule has 2 heterocycles. The van der Waals surface area contributed by atoms with Crippen LogP contribution in [0.4, 0.5) is 5.82 Å². The van der Waals surface area contributed by atoms with E-state index in [0.29, 0.717) is 6.54 Å². The number of aryl methyl sites for hydroxylation is 1. The van der Waals surface area contributed by atoms with Crippen LogP contribution in [-0.4, -0.2) is 31.0 Å². The highest BCUT2D eigenvalue weighted by Gasteiger charge is 2.25. The lowest BCUT2D eigenvalue weighted by Gasteiger charge is -2.33. The van der Waals surface area contributed by atoms with Gasteiger partial charge in [-0.3, -0.25) is 4.79 Å². The van der Waals surface area contributed by atoms with Crippen molar-refractivity contribution in [2.45, 2.75) is 26.3 Å². The monoisotopic (exact) mass is 262 g/mol. The smallest absolute Gasteiger partial charge is 0.222 e. The van der Waals surface area contributed by atoms with E-state index >= 15 is 0 Å². The number of rotatable bonds is 4. The van der Waals surface area contributed by atoms with Crippen molar-refractivity contribution in [3.05, 3.63) is 23.4 Å². The van der Waals surface area contributed by atoms with Gasteiger partial charge >= 0.3 is 0 Å². The molecule has 2 rings (SSSR count). The van der Waals surface area contributed by atoms with Crippen molar-refractivity contribution >= 4 is 11.7 Å². The summed E-state index contributed by atoms with van der Waals surface area (Å²) in [4.78, 5) is 18.0. The molecule has 0 bridgehead atoms. The van der Waals surface area contributed by atoms with Crippen molar-refractivity contribution in [2.24, 2.45) is 11.7 Å². The molecular weight excluding hydrogens is 240 g/mol. The molecule has 104 valence electrons. The molecule has 3 N–H and O–H groups in total. The molecule has 1 unspecified atom stereocenters. The summed E-state index contributed by atoms with van der Waals surface area (Å²) < 4.78 is 0. The third-order valence-electron chi connectivity index (χ3n) is 3.61. The van der Waals surface area contributed by atoms with Gasteiger partial charge in [-0.05, 0) is 44.0 Å². The number of amides is 1. The Morgan fingerprint density at radius 2 is 2.42 bits per heavy atom. The average Bonchev–Trinajstić information content (AvgIpc) is 2.39. The molecule has 1 atom stereocenters. The van der Waals surface area contributed by atoms with Gasteiger partial charge in [-0.2, -0.15) is 0 Å². The number of pyridine rings is 1. The van der Waals surface area contributed by atoms with Crippen LogP contribution in [0.1, 0.15) is 24.0 Å². The van der Waals surface area contributed by atoms with Crippen LogP contribution in [-0.2, 0) is 11.3 Å². The Morgan fingerprint density at radius 1 is 1.63 bits per heavy atom. The lowest BCUT2D eigenvalue weighted by Crippen LogP contribution is -2.41. The van der Waals surface area contributed by atoms with Crippen molar-refractivity contribution in [3.63, 3.8) is 0 Å². The quantitative estimate of drug-likeness (QED) is 0.842. The number of hydrogen-bond acceptors (Lipinski definition) is 4. The predicted octanol–water partition coefficient (Wildman–Crippen LogP) is 0.811. The van der Waals surface area contributed by atoms with Crippen LogP contribution in [0.5, 0.6) is 0 Å². The van der Waals surface area contributed by atoms with Gasteiger partial charge in [0.1, 0.15) is 5.82 Å². The van der Waals surface area contributed by atoms with Crippen LogP contribution in [0.3, 0.4) is 0 Å². The third kappa shape index (κ3) is 3.23. The van der Waals surface area contributed by atoms with E-state index in [4.69, 9.17) is 5.73 Å². The van der Waals surface area contributed by atoms with E-state index in [1.165, 1.54) is 5.56 Å². The van der Waals surface area contributed by atoms with E-state index in [1.807, 2.05) is 13.2 Å². The molecule has 0 spiro atoms. The second kappa shape index (κ2) is 6.02. The number of nitrogens with two attached hydrogens (primary N) is 1. The Hall–Kier alpha value is -1.62. The molecule has 1 amide bonds. The highest BCUT2D eigenvalue weighted by Crippen LogP contribution is 2.24. The molecule has 0 saturated carbocycles. The van der Waals surface area contributed by atoms with Crippen LogP contribution in [0.25, 0.3) is 0 Å². The van der Waals surface area contributed by atoms with Gasteiger partial charge in [0.2, 0.25) is 5.91 Å². The highest BCUT2D eigenvalue weighted by atomic mass is 16.1. The molecule has 5 nitrogen and oxygen atoms in total. The number of hydrogen-bond donors (Lipinski definition) is 2. The summed E-state index contributed by atoms with van der Waals surface area (Å²) in [7, 11) is 1.92. The number of carbonyl (C=O) groups excluding carboxylic acids is 1. The zero-order valence-electron chi connectivity index (χ0n) is 11.6. The first kappa shape index (κ1) is 13.8. The van der Waals surface area contributed by atoms with E-state index in [2.05, 4.69) is 28.2 Å². The third-order valence-corrected chi connectivity index (χ3v) is 3.61. The normalized spacial score (nSPS) is 19.5. The zero-order valence-corrected chi connectivity index (χ0v) is 11.6. The highest BCUT2D eigenvalue weighted by molar-refractivity contribution is 5.77. The van der Waals surface area contributed by atoms with Gasteiger partial charge < -0.3 is 16.0 Å². The molecule has 0 aromatic carbocycles. The van der Waals surface area contributed by atoms with Crippen LogP contribution in [0, 0.1) is 12.8 Å². The van der Waals surface area contributed by atoms with Gasteiger partial charge in [-0.1, -0.05) is 0 Å². The maximum Gasteiger partial charge on any atom is 0.222 e. The number of aromatic nitrogens is 1. The number of anilines is 1. The van der Waals surface area contributed by atoms with Gasteiger partial charge in [0.25, 0.3) is 0 Å². The minimum atomic E-state index is -0.200. The molecule has 1 aliphatic heterocycles. The number of nitrogens with one attached hydrogen (secondary N) is 1. The van der Waals surface area contributed by atoms with Crippen molar-refractivity contribution < 1.29 is 4.79 Å². The second-order valence-electron chi connectivity index (χ2n) is 5.20. The summed E-state index contributed by atoms with van der Waals surface area (Å²) in [6, 6.07) is 2.15. The Labute approximate surface area is 114 Å². The summed E-state index contributed by atoms with van der Waals surface area (Å²) in [6.07, 6.45) is 3.78. The van der Waals surface area contributed by atoms with Crippen LogP contribution in [0.2, 0.25) is 0 Å². The summed E-state index contributed by atoms with van der Waals surface area (Å²) in [5.41, 5.74) is 7.74. The molecule has 1 aromatic rings. The SMILES string of the molecule is CNCc1cnc(N2CCCC(C(N)=O)C2)c(C)c1. The maximum atomic E-state index is 11.3. The van der Waals surface area contributed by atoms with Crippen molar-refractivity contribution in [2.75, 3.05) is 25.0 Å². The minimum absolute atomic E-state index is 0.0491. The van der Waals surface area contributed by atoms with E-state index in [0.717, 1.165) is 37.3 Å². The number of nitrogens with zero attached hydrogens (tertiary/aromatic N) is 2. The minimum Gasteiger partial charge on any atom is -0.369 e. The fourth-order valence-corrected chi connectivity index (χ4v) is 2.66. The van der Waals surface area contributed by atoms with E-state index in [1.54, 1.807) is 0 Å². The second-order valence-corrected chi connectivity index (χ2v) is 5.20. The van der Waals surface area contributed by atoms with Crippen molar-refractivity contribution in [3.8, 4) is 0 Å². The molecule has 0 radical (unpaired) electrons. The van der Waals surface area contributed by atoms with Gasteiger partial charge in [0, 0.05) is 25.8 Å². The summed E-state index contributed by atoms with van der Waals surface area (Å²) in [5, 5.41) is 3.12. The van der Waals surface area contributed by atoms with E-state index < -0.39 is 0 Å². The zero-order chi connectivity index (χ0) is 13.8. The first-order chi connectivity index (χ1) is 9.11. The Kier molecular flexibility index (Phi) is 4.37. The molecule has 1 aliphatic rings. The summed E-state index contributed by atoms with van der Waals surface area (Å²) in [6.45, 7) is 4.52. The van der Waals surface area contributed by atoms with E-state index in [-0.39, 0.29) is 11.8 Å². The lowest BCUT2D eigenvalue weighted by molar-refractivity contribution is -0.122. The molecular formula is C14H22N4O. The molecule has 1 fully saturated rings. The number of piperidine rings is 1. The first-order valence-corrected chi connectivity index (χ1v) is 6.76. The average molecular weight is 262 g/mol. The predicted molar refractivity (Wildman–Crippen MR) is 75.9 cm³/mol. The summed E-state index contributed by atoms with van der Waals surface area (Å²) >= 11 is 0. The molecule has 0 aliphatic carbocycles. The molecule has 1 aromatic heterocycles. The Morgan fingerprint density at radius 3 is 3.05 bits per heavy atom. The van der Waals surface area contributed by atoms with Crippen LogP contribution < -0.4 is 16.0 Å². The lowest BCUT2D eigenvalue weighted by atomic mass is 9.97. The van der Waals surface area contributed by atoms with Gasteiger partial charge in [0.05, 0.1) is 5.92 Å². The van der Waals surface area contributed by atoms with Gasteiger partial charge in [-0.25, -0.2) is 4.98 Å². The van der Waals surface area contributed by atoms with Crippen LogP contribution in [0.15, 0.2) is 12.3 Å². The molecule has 1 saturated heterocycles. The fraction of sp³-hybridized carbons (Fsp3) is 0.571. The van der Waals surface area contributed by atoms with Crippen molar-refractivity contribution in [1.29, 1.82) is 0 Å². The number of carbonyl (C=O) groups is 1. The molecule has 5 heteroatoms. The molecule has 19 heavy (non-hydrogen) atoms. The van der Waals surface area contributed by atoms with E-state index in [9.17, 15) is 4.79 Å².